The lowest BCUT2D eigenvalue weighted by Gasteiger charge is -2.25. The molecule has 0 amide bonds. The average molecular weight is 336 g/mol. The molecule has 0 bridgehead atoms. The number of nitrogens with one attached hydrogen (secondary N) is 1. The third kappa shape index (κ3) is 5.08. The molecule has 0 spiro atoms. The third-order valence-corrected chi connectivity index (χ3v) is 4.00. The number of hydrogen-bond acceptors (Lipinski definition) is 2. The first-order valence-corrected chi connectivity index (χ1v) is 7.87. The quantitative estimate of drug-likeness (QED) is 0.841. The van der Waals surface area contributed by atoms with E-state index < -0.39 is 11.7 Å². The van der Waals surface area contributed by atoms with E-state index in [9.17, 15) is 13.2 Å². The number of nitrogens with zero attached hydrogens (tertiary/aromatic N) is 1. The van der Waals surface area contributed by atoms with E-state index in [0.29, 0.717) is 6.54 Å². The van der Waals surface area contributed by atoms with Gasteiger partial charge in [0, 0.05) is 19.1 Å². The lowest BCUT2D eigenvalue weighted by atomic mass is 10.0. The van der Waals surface area contributed by atoms with Crippen LogP contribution in [0.5, 0.6) is 0 Å². The van der Waals surface area contributed by atoms with Gasteiger partial charge in [-0.1, -0.05) is 42.0 Å². The van der Waals surface area contributed by atoms with Crippen LogP contribution in [0, 0.1) is 6.92 Å². The van der Waals surface area contributed by atoms with E-state index >= 15 is 0 Å². The first kappa shape index (κ1) is 18.5. The Kier molecular flexibility index (Phi) is 6.02. The monoisotopic (exact) mass is 336 g/mol. The van der Waals surface area contributed by atoms with Crippen molar-refractivity contribution in [2.24, 2.45) is 0 Å². The molecule has 0 fully saturated rings. The van der Waals surface area contributed by atoms with Crippen LogP contribution in [0.3, 0.4) is 0 Å². The Labute approximate surface area is 141 Å². The number of alkyl halides is 3. The molecule has 0 saturated carbocycles. The van der Waals surface area contributed by atoms with Crippen LogP contribution in [0.15, 0.2) is 48.5 Å². The summed E-state index contributed by atoms with van der Waals surface area (Å²) in [5, 5.41) is 3.39. The normalized spacial score (nSPS) is 13.3. The maximum atomic E-state index is 12.7. The molecule has 0 aliphatic heterocycles. The van der Waals surface area contributed by atoms with Crippen LogP contribution in [0.1, 0.15) is 28.3 Å². The summed E-state index contributed by atoms with van der Waals surface area (Å²) in [5.74, 6) is 0. The van der Waals surface area contributed by atoms with E-state index in [2.05, 4.69) is 17.4 Å². The molecule has 2 rings (SSSR count). The topological polar surface area (TPSA) is 15.3 Å². The van der Waals surface area contributed by atoms with Gasteiger partial charge in [-0.05, 0) is 44.3 Å². The third-order valence-electron chi connectivity index (χ3n) is 4.00. The fourth-order valence-corrected chi connectivity index (χ4v) is 2.67. The molecular weight excluding hydrogens is 313 g/mol. The van der Waals surface area contributed by atoms with Gasteiger partial charge in [0.15, 0.2) is 0 Å². The van der Waals surface area contributed by atoms with E-state index in [1.165, 1.54) is 11.1 Å². The van der Waals surface area contributed by atoms with Gasteiger partial charge in [-0.25, -0.2) is 0 Å². The molecule has 0 saturated heterocycles. The van der Waals surface area contributed by atoms with Crippen LogP contribution in [0.25, 0.3) is 0 Å². The summed E-state index contributed by atoms with van der Waals surface area (Å²) < 4.78 is 38.0. The van der Waals surface area contributed by atoms with Crippen LogP contribution >= 0.6 is 0 Å². The second kappa shape index (κ2) is 7.81. The molecule has 0 aromatic heterocycles. The molecule has 2 nitrogen and oxygen atoms in total. The first-order valence-electron chi connectivity index (χ1n) is 7.87. The standard InChI is InChI=1S/C19H23F3N2/c1-14-5-4-6-15(11-14)12-23-13-18(24(2)3)16-7-9-17(10-8-16)19(20,21)22/h4-11,18,23H,12-13H2,1-3H3. The zero-order valence-electron chi connectivity index (χ0n) is 14.2. The van der Waals surface area contributed by atoms with Gasteiger partial charge in [0.05, 0.1) is 5.56 Å². The zero-order valence-corrected chi connectivity index (χ0v) is 14.2. The van der Waals surface area contributed by atoms with Crippen LogP contribution in [-0.2, 0) is 12.7 Å². The largest absolute Gasteiger partial charge is 0.416 e. The van der Waals surface area contributed by atoms with Gasteiger partial charge in [0.2, 0.25) is 0 Å². The van der Waals surface area contributed by atoms with Crippen molar-refractivity contribution in [2.75, 3.05) is 20.6 Å². The maximum Gasteiger partial charge on any atom is 0.416 e. The second-order valence-electron chi connectivity index (χ2n) is 6.22. The Morgan fingerprint density at radius 3 is 2.25 bits per heavy atom. The minimum Gasteiger partial charge on any atom is -0.311 e. The highest BCUT2D eigenvalue weighted by Gasteiger charge is 2.30. The van der Waals surface area contributed by atoms with Crippen molar-refractivity contribution in [3.05, 3.63) is 70.8 Å². The first-order chi connectivity index (χ1) is 11.3. The zero-order chi connectivity index (χ0) is 17.7. The van der Waals surface area contributed by atoms with Gasteiger partial charge < -0.3 is 10.2 Å². The second-order valence-corrected chi connectivity index (χ2v) is 6.22. The number of likely N-dealkylation sites (N-methyl/N-ethyl adjacent to an activating group) is 1. The fraction of sp³-hybridized carbons (Fsp3) is 0.368. The number of rotatable bonds is 6. The van der Waals surface area contributed by atoms with Gasteiger partial charge in [-0.15, -0.1) is 0 Å². The van der Waals surface area contributed by atoms with Crippen molar-refractivity contribution >= 4 is 0 Å². The minimum atomic E-state index is -4.30. The highest BCUT2D eigenvalue weighted by molar-refractivity contribution is 5.27. The van der Waals surface area contributed by atoms with Gasteiger partial charge in [0.1, 0.15) is 0 Å². The molecule has 1 atom stereocenters. The summed E-state index contributed by atoms with van der Waals surface area (Å²) in [6.07, 6.45) is -4.30. The van der Waals surface area contributed by atoms with Gasteiger partial charge in [-0.3, -0.25) is 0 Å². The number of aryl methyl sites for hydroxylation is 1. The van der Waals surface area contributed by atoms with E-state index in [0.717, 1.165) is 24.2 Å². The van der Waals surface area contributed by atoms with Crippen molar-refractivity contribution in [1.29, 1.82) is 0 Å². The van der Waals surface area contributed by atoms with E-state index in [1.54, 1.807) is 12.1 Å². The van der Waals surface area contributed by atoms with Crippen molar-refractivity contribution in [3.8, 4) is 0 Å². The van der Waals surface area contributed by atoms with E-state index in [1.807, 2.05) is 38.1 Å². The molecule has 5 heteroatoms. The van der Waals surface area contributed by atoms with E-state index in [-0.39, 0.29) is 6.04 Å². The molecule has 0 aliphatic rings. The van der Waals surface area contributed by atoms with E-state index in [4.69, 9.17) is 0 Å². The molecule has 130 valence electrons. The fourth-order valence-electron chi connectivity index (χ4n) is 2.67. The number of benzene rings is 2. The summed E-state index contributed by atoms with van der Waals surface area (Å²) >= 11 is 0. The Morgan fingerprint density at radius 1 is 1.04 bits per heavy atom. The number of hydrogen-bond donors (Lipinski definition) is 1. The van der Waals surface area contributed by atoms with Gasteiger partial charge in [-0.2, -0.15) is 13.2 Å². The Bertz CT molecular complexity index is 648. The Hall–Kier alpha value is -1.85. The lowest BCUT2D eigenvalue weighted by Crippen LogP contribution is -2.30. The van der Waals surface area contributed by atoms with Crippen LogP contribution in [0.4, 0.5) is 13.2 Å². The highest BCUT2D eigenvalue weighted by Crippen LogP contribution is 2.30. The predicted molar refractivity (Wildman–Crippen MR) is 90.8 cm³/mol. The van der Waals surface area contributed by atoms with Crippen LogP contribution in [0.2, 0.25) is 0 Å². The molecule has 1 N–H and O–H groups in total. The Morgan fingerprint density at radius 2 is 1.71 bits per heavy atom. The minimum absolute atomic E-state index is 0.0112. The summed E-state index contributed by atoms with van der Waals surface area (Å²) in [5.41, 5.74) is 2.65. The maximum absolute atomic E-state index is 12.7. The molecule has 1 unspecified atom stereocenters. The lowest BCUT2D eigenvalue weighted by molar-refractivity contribution is -0.137. The summed E-state index contributed by atoms with van der Waals surface area (Å²) in [6.45, 7) is 3.44. The smallest absolute Gasteiger partial charge is 0.311 e. The molecular formula is C19H23F3N2. The molecule has 2 aromatic carbocycles. The molecule has 24 heavy (non-hydrogen) atoms. The summed E-state index contributed by atoms with van der Waals surface area (Å²) in [4.78, 5) is 2.01. The molecule has 0 aliphatic carbocycles. The van der Waals surface area contributed by atoms with Crippen molar-refractivity contribution in [3.63, 3.8) is 0 Å². The van der Waals surface area contributed by atoms with Crippen molar-refractivity contribution in [2.45, 2.75) is 25.7 Å². The van der Waals surface area contributed by atoms with Gasteiger partial charge in [0.25, 0.3) is 0 Å². The molecule has 0 heterocycles. The molecule has 2 aromatic rings. The SMILES string of the molecule is Cc1cccc(CNCC(c2ccc(C(F)(F)F)cc2)N(C)C)c1. The Balaban J connectivity index is 2.01. The van der Waals surface area contributed by atoms with Crippen molar-refractivity contribution in [1.82, 2.24) is 10.2 Å². The highest BCUT2D eigenvalue weighted by atomic mass is 19.4. The van der Waals surface area contributed by atoms with Crippen LogP contribution < -0.4 is 5.32 Å². The predicted octanol–water partition coefficient (Wildman–Crippen LogP) is 4.41. The van der Waals surface area contributed by atoms with Gasteiger partial charge >= 0.3 is 6.18 Å². The number of halogens is 3. The summed E-state index contributed by atoms with van der Waals surface area (Å²) in [6, 6.07) is 13.7. The van der Waals surface area contributed by atoms with Crippen LogP contribution in [-0.4, -0.2) is 25.5 Å². The van der Waals surface area contributed by atoms with Crippen molar-refractivity contribution < 1.29 is 13.2 Å². The summed E-state index contributed by atoms with van der Waals surface area (Å²) in [7, 11) is 3.85. The average Bonchev–Trinajstić information content (AvgIpc) is 2.50. The molecule has 0 radical (unpaired) electrons.